The zero-order valence-corrected chi connectivity index (χ0v) is 9.35. The van der Waals surface area contributed by atoms with Crippen LogP contribution in [0.4, 0.5) is 0 Å². The molecule has 1 aromatic heterocycles. The van der Waals surface area contributed by atoms with Crippen molar-refractivity contribution in [2.75, 3.05) is 0 Å². The maximum absolute atomic E-state index is 10.9. The van der Waals surface area contributed by atoms with E-state index in [0.29, 0.717) is 22.5 Å². The molecule has 0 spiro atoms. The second-order valence-electron chi connectivity index (χ2n) is 3.42. The van der Waals surface area contributed by atoms with Crippen LogP contribution in [-0.2, 0) is 9.59 Å². The highest BCUT2D eigenvalue weighted by atomic mass is 16.6. The van der Waals surface area contributed by atoms with Gasteiger partial charge in [-0.2, -0.15) is 0 Å². The van der Waals surface area contributed by atoms with Crippen molar-refractivity contribution >= 4 is 22.9 Å². The molecule has 5 nitrogen and oxygen atoms in total. The summed E-state index contributed by atoms with van der Waals surface area (Å²) in [5.74, 6) is -0.275. The van der Waals surface area contributed by atoms with E-state index in [1.165, 1.54) is 20.1 Å². The van der Waals surface area contributed by atoms with Crippen LogP contribution < -0.4 is 9.47 Å². The first-order chi connectivity index (χ1) is 8.08. The van der Waals surface area contributed by atoms with Crippen molar-refractivity contribution in [1.29, 1.82) is 0 Å². The number of hydrogen-bond acceptors (Lipinski definition) is 5. The van der Waals surface area contributed by atoms with Gasteiger partial charge in [0.2, 0.25) is 0 Å². The first-order valence-electron chi connectivity index (χ1n) is 4.95. The molecule has 0 atom stereocenters. The maximum Gasteiger partial charge on any atom is 0.308 e. The lowest BCUT2D eigenvalue weighted by atomic mass is 10.2. The molecule has 88 valence electrons. The summed E-state index contributed by atoms with van der Waals surface area (Å²) in [5.41, 5.74) is 0.374. The van der Waals surface area contributed by atoms with Crippen LogP contribution in [0.15, 0.2) is 28.9 Å². The van der Waals surface area contributed by atoms with E-state index in [4.69, 9.17) is 13.9 Å². The number of fused-ring (bicyclic) bond motifs is 1. The molecular weight excluding hydrogens is 224 g/mol. The van der Waals surface area contributed by atoms with E-state index in [0.717, 1.165) is 0 Å². The number of carbonyl (C=O) groups excluding carboxylic acids is 2. The third-order valence-corrected chi connectivity index (χ3v) is 2.04. The van der Waals surface area contributed by atoms with Gasteiger partial charge in [-0.3, -0.25) is 9.59 Å². The van der Waals surface area contributed by atoms with Gasteiger partial charge in [-0.25, -0.2) is 0 Å². The molecule has 0 bridgehead atoms. The number of hydrogen-bond donors (Lipinski definition) is 0. The largest absolute Gasteiger partial charge is 0.456 e. The van der Waals surface area contributed by atoms with Gasteiger partial charge in [0.25, 0.3) is 0 Å². The summed E-state index contributed by atoms with van der Waals surface area (Å²) in [6.07, 6.45) is 1.30. The molecule has 0 unspecified atom stereocenters. The van der Waals surface area contributed by atoms with Crippen LogP contribution in [0.3, 0.4) is 0 Å². The molecule has 5 heteroatoms. The maximum atomic E-state index is 10.9. The van der Waals surface area contributed by atoms with E-state index < -0.39 is 11.9 Å². The highest BCUT2D eigenvalue weighted by Gasteiger charge is 2.14. The predicted molar refractivity (Wildman–Crippen MR) is 58.8 cm³/mol. The minimum atomic E-state index is -0.442. The first kappa shape index (κ1) is 11.2. The molecule has 0 N–H and O–H groups in total. The van der Waals surface area contributed by atoms with Crippen LogP contribution in [0.5, 0.6) is 11.5 Å². The van der Waals surface area contributed by atoms with Crippen molar-refractivity contribution in [3.63, 3.8) is 0 Å². The van der Waals surface area contributed by atoms with Crippen LogP contribution in [0.2, 0.25) is 0 Å². The molecule has 2 aromatic rings. The molecule has 0 saturated heterocycles. The van der Waals surface area contributed by atoms with Crippen molar-refractivity contribution < 1.29 is 23.5 Å². The highest BCUT2D eigenvalue weighted by molar-refractivity contribution is 5.91. The van der Waals surface area contributed by atoms with Crippen molar-refractivity contribution in [1.82, 2.24) is 0 Å². The number of rotatable bonds is 2. The molecule has 0 fully saturated rings. The molecule has 0 radical (unpaired) electrons. The molecule has 17 heavy (non-hydrogen) atoms. The van der Waals surface area contributed by atoms with Crippen molar-refractivity contribution in [3.8, 4) is 11.5 Å². The van der Waals surface area contributed by atoms with Crippen molar-refractivity contribution in [2.24, 2.45) is 0 Å². The van der Waals surface area contributed by atoms with Crippen LogP contribution >= 0.6 is 0 Å². The fourth-order valence-corrected chi connectivity index (χ4v) is 1.48. The van der Waals surface area contributed by atoms with Gasteiger partial charge >= 0.3 is 11.9 Å². The number of esters is 2. The Morgan fingerprint density at radius 2 is 1.71 bits per heavy atom. The fraction of sp³-hybridized carbons (Fsp3) is 0.167. The standard InChI is InChI=1S/C12H10O5/c1-7(13)16-10-5-3-4-9-11(17-8(2)14)6-15-12(9)10/h3-6H,1-2H3. The van der Waals surface area contributed by atoms with Crippen LogP contribution in [0, 0.1) is 0 Å². The first-order valence-corrected chi connectivity index (χ1v) is 4.95. The Bertz CT molecular complexity index is 582. The topological polar surface area (TPSA) is 65.7 Å². The summed E-state index contributed by atoms with van der Waals surface area (Å²) in [6, 6.07) is 5.00. The number of furan rings is 1. The van der Waals surface area contributed by atoms with E-state index in [-0.39, 0.29) is 0 Å². The summed E-state index contributed by atoms with van der Waals surface area (Å²) in [6.45, 7) is 2.60. The molecule has 1 heterocycles. The summed E-state index contributed by atoms with van der Waals surface area (Å²) in [5, 5.41) is 0.582. The Balaban J connectivity index is 2.48. The summed E-state index contributed by atoms with van der Waals surface area (Å²) in [7, 11) is 0. The quantitative estimate of drug-likeness (QED) is 0.589. The van der Waals surface area contributed by atoms with Crippen LogP contribution in [0.25, 0.3) is 11.0 Å². The van der Waals surface area contributed by atoms with E-state index >= 15 is 0 Å². The molecule has 0 aliphatic heterocycles. The summed E-state index contributed by atoms with van der Waals surface area (Å²) >= 11 is 0. The average molecular weight is 234 g/mol. The Labute approximate surface area is 96.9 Å². The van der Waals surface area contributed by atoms with Gasteiger partial charge in [-0.15, -0.1) is 0 Å². The smallest absolute Gasteiger partial charge is 0.308 e. The third kappa shape index (κ3) is 2.28. The van der Waals surface area contributed by atoms with Gasteiger partial charge in [0.15, 0.2) is 17.1 Å². The highest BCUT2D eigenvalue weighted by Crippen LogP contribution is 2.34. The monoisotopic (exact) mass is 234 g/mol. The average Bonchev–Trinajstić information content (AvgIpc) is 2.61. The molecule has 0 saturated carbocycles. The number of ether oxygens (including phenoxy) is 2. The Hall–Kier alpha value is -2.30. The summed E-state index contributed by atoms with van der Waals surface area (Å²) < 4.78 is 15.2. The number of para-hydroxylation sites is 1. The van der Waals surface area contributed by atoms with E-state index in [1.807, 2.05) is 0 Å². The minimum absolute atomic E-state index is 0.299. The lowest BCUT2D eigenvalue weighted by Crippen LogP contribution is -2.02. The lowest BCUT2D eigenvalue weighted by Gasteiger charge is -2.01. The minimum Gasteiger partial charge on any atom is -0.456 e. The molecule has 0 aliphatic carbocycles. The zero-order chi connectivity index (χ0) is 12.4. The van der Waals surface area contributed by atoms with Crippen molar-refractivity contribution in [2.45, 2.75) is 13.8 Å². The summed E-state index contributed by atoms with van der Waals surface area (Å²) in [4.78, 5) is 21.8. The lowest BCUT2D eigenvalue weighted by molar-refractivity contribution is -0.132. The molecule has 1 aromatic carbocycles. The Kier molecular flexibility index (Phi) is 2.82. The van der Waals surface area contributed by atoms with Crippen LogP contribution in [-0.4, -0.2) is 11.9 Å². The van der Waals surface area contributed by atoms with Gasteiger partial charge in [0, 0.05) is 13.8 Å². The SMILES string of the molecule is CC(=O)Oc1coc2c(OC(C)=O)cccc12. The van der Waals surface area contributed by atoms with E-state index in [9.17, 15) is 9.59 Å². The second-order valence-corrected chi connectivity index (χ2v) is 3.42. The molecular formula is C12H10O5. The Morgan fingerprint density at radius 3 is 2.35 bits per heavy atom. The van der Waals surface area contributed by atoms with Crippen LogP contribution in [0.1, 0.15) is 13.8 Å². The fourth-order valence-electron chi connectivity index (χ4n) is 1.48. The Morgan fingerprint density at radius 1 is 1.06 bits per heavy atom. The third-order valence-electron chi connectivity index (χ3n) is 2.04. The van der Waals surface area contributed by atoms with Gasteiger partial charge < -0.3 is 13.9 Å². The van der Waals surface area contributed by atoms with Gasteiger partial charge in [0.05, 0.1) is 5.39 Å². The van der Waals surface area contributed by atoms with E-state index in [1.54, 1.807) is 18.2 Å². The molecule has 0 aliphatic rings. The van der Waals surface area contributed by atoms with E-state index in [2.05, 4.69) is 0 Å². The zero-order valence-electron chi connectivity index (χ0n) is 9.35. The second kappa shape index (κ2) is 4.29. The van der Waals surface area contributed by atoms with Gasteiger partial charge in [0.1, 0.15) is 6.26 Å². The van der Waals surface area contributed by atoms with Gasteiger partial charge in [-0.1, -0.05) is 6.07 Å². The normalized spacial score (nSPS) is 10.2. The number of carbonyl (C=O) groups is 2. The molecule has 0 amide bonds. The predicted octanol–water partition coefficient (Wildman–Crippen LogP) is 2.28. The van der Waals surface area contributed by atoms with Crippen molar-refractivity contribution in [3.05, 3.63) is 24.5 Å². The molecule has 2 rings (SSSR count). The number of benzene rings is 1. The van der Waals surface area contributed by atoms with Gasteiger partial charge in [-0.05, 0) is 12.1 Å².